The first-order valence-corrected chi connectivity index (χ1v) is 6.28. The van der Waals surface area contributed by atoms with Gasteiger partial charge in [-0.2, -0.15) is 0 Å². The molecule has 0 aromatic heterocycles. The lowest BCUT2D eigenvalue weighted by Gasteiger charge is -2.28. The van der Waals surface area contributed by atoms with Crippen LogP contribution in [0.25, 0.3) is 0 Å². The molecule has 2 fully saturated rings. The summed E-state index contributed by atoms with van der Waals surface area (Å²) in [7, 11) is 0. The second kappa shape index (κ2) is 5.15. The third kappa shape index (κ3) is 2.55. The quantitative estimate of drug-likeness (QED) is 0.683. The number of aliphatic hydroxyl groups is 1. The molecule has 1 heterocycles. The molecule has 4 nitrogen and oxygen atoms in total. The molecule has 0 spiro atoms. The first-order valence-electron chi connectivity index (χ1n) is 6.28. The second-order valence-corrected chi connectivity index (χ2v) is 5.01. The zero-order valence-corrected chi connectivity index (χ0v) is 9.71. The molecule has 2 rings (SSSR count). The van der Waals surface area contributed by atoms with Crippen molar-refractivity contribution < 1.29 is 14.6 Å². The number of carbonyl (C=O) groups excluding carboxylic acids is 1. The number of ether oxygens (including phenoxy) is 1. The van der Waals surface area contributed by atoms with Crippen LogP contribution in [0.2, 0.25) is 0 Å². The van der Waals surface area contributed by atoms with E-state index in [4.69, 9.17) is 4.74 Å². The van der Waals surface area contributed by atoms with Crippen molar-refractivity contribution >= 4 is 5.97 Å². The van der Waals surface area contributed by atoms with Gasteiger partial charge in [0.05, 0.1) is 19.1 Å². The van der Waals surface area contributed by atoms with Gasteiger partial charge in [-0.1, -0.05) is 12.8 Å². The average molecular weight is 227 g/mol. The van der Waals surface area contributed by atoms with E-state index in [0.29, 0.717) is 6.61 Å². The Morgan fingerprint density at radius 1 is 1.44 bits per heavy atom. The van der Waals surface area contributed by atoms with Gasteiger partial charge in [0.15, 0.2) is 0 Å². The SMILES string of the molecule is O=C1OCCC1CCNC1(CO)CCCC1. The second-order valence-electron chi connectivity index (χ2n) is 5.01. The van der Waals surface area contributed by atoms with Crippen molar-refractivity contribution in [3.8, 4) is 0 Å². The summed E-state index contributed by atoms with van der Waals surface area (Å²) in [5.41, 5.74) is -0.0670. The van der Waals surface area contributed by atoms with Crippen LogP contribution < -0.4 is 5.32 Å². The summed E-state index contributed by atoms with van der Waals surface area (Å²) in [6.45, 7) is 1.59. The topological polar surface area (TPSA) is 58.6 Å². The Morgan fingerprint density at radius 3 is 2.75 bits per heavy atom. The molecule has 0 aromatic carbocycles. The standard InChI is InChI=1S/C12H21NO3/c14-9-12(5-1-2-6-12)13-7-3-10-4-8-16-11(10)15/h10,13-14H,1-9H2. The Balaban J connectivity index is 1.72. The number of hydrogen-bond donors (Lipinski definition) is 2. The third-order valence-corrected chi connectivity index (χ3v) is 3.90. The van der Waals surface area contributed by atoms with Crippen LogP contribution in [0.15, 0.2) is 0 Å². The van der Waals surface area contributed by atoms with Crippen molar-refractivity contribution in [3.63, 3.8) is 0 Å². The van der Waals surface area contributed by atoms with Gasteiger partial charge >= 0.3 is 5.97 Å². The van der Waals surface area contributed by atoms with E-state index in [1.807, 2.05) is 0 Å². The number of rotatable bonds is 5. The molecule has 2 aliphatic rings. The van der Waals surface area contributed by atoms with Crippen LogP contribution in [0.1, 0.15) is 38.5 Å². The lowest BCUT2D eigenvalue weighted by molar-refractivity contribution is -0.141. The highest BCUT2D eigenvalue weighted by molar-refractivity contribution is 5.74. The summed E-state index contributed by atoms with van der Waals surface area (Å²) >= 11 is 0. The van der Waals surface area contributed by atoms with Crippen molar-refractivity contribution in [1.82, 2.24) is 5.32 Å². The molecular formula is C12H21NO3. The lowest BCUT2D eigenvalue weighted by atomic mass is 9.97. The highest BCUT2D eigenvalue weighted by Crippen LogP contribution is 2.29. The van der Waals surface area contributed by atoms with Gasteiger partial charge in [-0.3, -0.25) is 4.79 Å². The molecule has 1 saturated heterocycles. The molecule has 2 N–H and O–H groups in total. The molecule has 0 amide bonds. The number of carbonyl (C=O) groups is 1. The first-order chi connectivity index (χ1) is 7.76. The molecule has 1 saturated carbocycles. The minimum absolute atomic E-state index is 0.0497. The fourth-order valence-electron chi connectivity index (χ4n) is 2.75. The lowest BCUT2D eigenvalue weighted by Crippen LogP contribution is -2.46. The average Bonchev–Trinajstić information content (AvgIpc) is 2.90. The third-order valence-electron chi connectivity index (χ3n) is 3.90. The summed E-state index contributed by atoms with van der Waals surface area (Å²) in [6.07, 6.45) is 6.18. The van der Waals surface area contributed by atoms with E-state index in [9.17, 15) is 9.90 Å². The van der Waals surface area contributed by atoms with Gasteiger partial charge in [0.1, 0.15) is 0 Å². The molecule has 0 bridgehead atoms. The number of cyclic esters (lactones) is 1. The van der Waals surface area contributed by atoms with Crippen LogP contribution in [0.3, 0.4) is 0 Å². The highest BCUT2D eigenvalue weighted by Gasteiger charge is 2.33. The predicted molar refractivity (Wildman–Crippen MR) is 60.0 cm³/mol. The minimum atomic E-state index is -0.0670. The fraction of sp³-hybridized carbons (Fsp3) is 0.917. The van der Waals surface area contributed by atoms with Crippen LogP contribution in [0.5, 0.6) is 0 Å². The maximum absolute atomic E-state index is 11.3. The van der Waals surface area contributed by atoms with Crippen LogP contribution >= 0.6 is 0 Å². The molecule has 0 radical (unpaired) electrons. The molecule has 4 heteroatoms. The molecule has 1 aliphatic heterocycles. The van der Waals surface area contributed by atoms with Gasteiger partial charge in [0.25, 0.3) is 0 Å². The summed E-state index contributed by atoms with van der Waals surface area (Å²) in [5.74, 6) is 0.0240. The fourth-order valence-corrected chi connectivity index (χ4v) is 2.75. The number of nitrogens with one attached hydrogen (secondary N) is 1. The molecule has 1 atom stereocenters. The van der Waals surface area contributed by atoms with Gasteiger partial charge in [-0.25, -0.2) is 0 Å². The zero-order valence-electron chi connectivity index (χ0n) is 9.71. The molecule has 92 valence electrons. The summed E-state index contributed by atoms with van der Waals surface area (Å²) < 4.78 is 4.92. The number of esters is 1. The monoisotopic (exact) mass is 227 g/mol. The molecular weight excluding hydrogens is 206 g/mol. The normalized spacial score (nSPS) is 28.3. The summed E-state index contributed by atoms with van der Waals surface area (Å²) in [5, 5.41) is 12.8. The highest BCUT2D eigenvalue weighted by atomic mass is 16.5. The largest absolute Gasteiger partial charge is 0.465 e. The Hall–Kier alpha value is -0.610. The number of hydrogen-bond acceptors (Lipinski definition) is 4. The Bertz CT molecular complexity index is 249. The van der Waals surface area contributed by atoms with Gasteiger partial charge in [-0.05, 0) is 32.2 Å². The predicted octanol–water partition coefficient (Wildman–Crippen LogP) is 0.834. The Labute approximate surface area is 96.4 Å². The Kier molecular flexibility index (Phi) is 3.82. The van der Waals surface area contributed by atoms with Gasteiger partial charge < -0.3 is 15.2 Å². The van der Waals surface area contributed by atoms with Crippen molar-refractivity contribution in [2.75, 3.05) is 19.8 Å². The van der Waals surface area contributed by atoms with E-state index in [1.165, 1.54) is 12.8 Å². The van der Waals surface area contributed by atoms with Crippen molar-refractivity contribution in [3.05, 3.63) is 0 Å². The van der Waals surface area contributed by atoms with E-state index in [2.05, 4.69) is 5.32 Å². The molecule has 0 aromatic rings. The van der Waals surface area contributed by atoms with Crippen molar-refractivity contribution in [2.24, 2.45) is 5.92 Å². The molecule has 1 aliphatic carbocycles. The van der Waals surface area contributed by atoms with Gasteiger partial charge in [-0.15, -0.1) is 0 Å². The Morgan fingerprint density at radius 2 is 2.19 bits per heavy atom. The summed E-state index contributed by atoms with van der Waals surface area (Å²) in [4.78, 5) is 11.3. The smallest absolute Gasteiger partial charge is 0.309 e. The minimum Gasteiger partial charge on any atom is -0.465 e. The van der Waals surface area contributed by atoms with E-state index < -0.39 is 0 Å². The van der Waals surface area contributed by atoms with E-state index in [0.717, 1.165) is 32.2 Å². The van der Waals surface area contributed by atoms with E-state index in [-0.39, 0.29) is 24.0 Å². The number of aliphatic hydroxyl groups excluding tert-OH is 1. The van der Waals surface area contributed by atoms with E-state index in [1.54, 1.807) is 0 Å². The summed E-state index contributed by atoms with van der Waals surface area (Å²) in [6, 6.07) is 0. The van der Waals surface area contributed by atoms with Crippen LogP contribution in [-0.2, 0) is 9.53 Å². The first kappa shape index (κ1) is 11.9. The van der Waals surface area contributed by atoms with Gasteiger partial charge in [0, 0.05) is 5.54 Å². The molecule has 1 unspecified atom stereocenters. The van der Waals surface area contributed by atoms with Crippen molar-refractivity contribution in [1.29, 1.82) is 0 Å². The molecule has 16 heavy (non-hydrogen) atoms. The van der Waals surface area contributed by atoms with Crippen LogP contribution in [0.4, 0.5) is 0 Å². The van der Waals surface area contributed by atoms with Crippen LogP contribution in [-0.4, -0.2) is 36.4 Å². The van der Waals surface area contributed by atoms with Crippen molar-refractivity contribution in [2.45, 2.75) is 44.1 Å². The van der Waals surface area contributed by atoms with Crippen LogP contribution in [0, 0.1) is 5.92 Å². The maximum atomic E-state index is 11.3. The van der Waals surface area contributed by atoms with E-state index >= 15 is 0 Å². The van der Waals surface area contributed by atoms with Gasteiger partial charge in [0.2, 0.25) is 0 Å². The zero-order chi connectivity index (χ0) is 11.4. The maximum Gasteiger partial charge on any atom is 0.309 e.